The van der Waals surface area contributed by atoms with Crippen molar-refractivity contribution < 1.29 is 9.59 Å². The topological polar surface area (TPSA) is 71.1 Å². The normalized spacial score (nSPS) is 10.3. The summed E-state index contributed by atoms with van der Waals surface area (Å²) in [6.45, 7) is 0.412. The van der Waals surface area contributed by atoms with E-state index < -0.39 is 0 Å². The highest BCUT2D eigenvalue weighted by Gasteiger charge is 2.16. The molecule has 0 saturated heterocycles. The molecule has 3 rings (SSSR count). The van der Waals surface area contributed by atoms with Gasteiger partial charge in [-0.25, -0.2) is 0 Å². The molecular formula is C16H13N3O2S2. The van der Waals surface area contributed by atoms with Crippen LogP contribution in [0.1, 0.15) is 25.6 Å². The van der Waals surface area contributed by atoms with Gasteiger partial charge in [0.2, 0.25) is 0 Å². The summed E-state index contributed by atoms with van der Waals surface area (Å²) in [6.07, 6.45) is 3.36. The number of amides is 2. The Balaban J connectivity index is 1.65. The fraction of sp³-hybridized carbons (Fsp3) is 0.0625. The van der Waals surface area contributed by atoms with E-state index >= 15 is 0 Å². The lowest BCUT2D eigenvalue weighted by Crippen LogP contribution is -2.23. The summed E-state index contributed by atoms with van der Waals surface area (Å²) < 4.78 is 0. The first-order valence-electron chi connectivity index (χ1n) is 6.83. The van der Waals surface area contributed by atoms with E-state index in [1.165, 1.54) is 22.7 Å². The summed E-state index contributed by atoms with van der Waals surface area (Å²) >= 11 is 2.69. The molecule has 0 aliphatic rings. The highest BCUT2D eigenvalue weighted by molar-refractivity contribution is 7.15. The maximum Gasteiger partial charge on any atom is 0.266 e. The summed E-state index contributed by atoms with van der Waals surface area (Å²) in [5, 5.41) is 9.81. The number of anilines is 1. The number of rotatable bonds is 5. The Morgan fingerprint density at radius 2 is 1.83 bits per heavy atom. The Morgan fingerprint density at radius 3 is 2.57 bits per heavy atom. The van der Waals surface area contributed by atoms with Gasteiger partial charge in [0.1, 0.15) is 5.00 Å². The lowest BCUT2D eigenvalue weighted by molar-refractivity contribution is 0.0952. The first-order chi connectivity index (χ1) is 11.2. The van der Waals surface area contributed by atoms with Crippen LogP contribution in [0.3, 0.4) is 0 Å². The number of hydrogen-bond donors (Lipinski definition) is 2. The first-order valence-corrected chi connectivity index (χ1v) is 8.59. The van der Waals surface area contributed by atoms with E-state index in [4.69, 9.17) is 0 Å². The van der Waals surface area contributed by atoms with Gasteiger partial charge < -0.3 is 10.6 Å². The van der Waals surface area contributed by atoms with Crippen molar-refractivity contribution in [1.29, 1.82) is 0 Å². The molecule has 0 bridgehead atoms. The molecular weight excluding hydrogens is 330 g/mol. The molecule has 3 aromatic rings. The molecule has 0 fully saturated rings. The molecule has 0 aromatic carbocycles. The molecule has 2 N–H and O–H groups in total. The van der Waals surface area contributed by atoms with Gasteiger partial charge in [-0.3, -0.25) is 14.6 Å². The molecule has 5 nitrogen and oxygen atoms in total. The van der Waals surface area contributed by atoms with E-state index in [9.17, 15) is 9.59 Å². The van der Waals surface area contributed by atoms with Crippen LogP contribution in [0.15, 0.2) is 53.5 Å². The molecule has 0 radical (unpaired) electrons. The summed E-state index contributed by atoms with van der Waals surface area (Å²) in [4.78, 5) is 28.9. The maximum atomic E-state index is 12.3. The van der Waals surface area contributed by atoms with Crippen molar-refractivity contribution >= 4 is 39.5 Å². The van der Waals surface area contributed by atoms with Gasteiger partial charge in [-0.2, -0.15) is 0 Å². The van der Waals surface area contributed by atoms with E-state index in [1.807, 2.05) is 23.6 Å². The molecule has 7 heteroatoms. The van der Waals surface area contributed by atoms with Gasteiger partial charge in [-0.15, -0.1) is 22.7 Å². The molecule has 3 heterocycles. The van der Waals surface area contributed by atoms with E-state index in [2.05, 4.69) is 15.6 Å². The van der Waals surface area contributed by atoms with Crippen LogP contribution in [0.2, 0.25) is 0 Å². The Morgan fingerprint density at radius 1 is 1.00 bits per heavy atom. The Kier molecular flexibility index (Phi) is 4.80. The van der Waals surface area contributed by atoms with E-state index in [0.717, 1.165) is 5.56 Å². The van der Waals surface area contributed by atoms with Crippen LogP contribution in [-0.2, 0) is 6.54 Å². The fourth-order valence-corrected chi connectivity index (χ4v) is 3.33. The number of thiophene rings is 2. The third kappa shape index (κ3) is 3.82. The third-order valence-electron chi connectivity index (χ3n) is 3.08. The minimum Gasteiger partial charge on any atom is -0.348 e. The largest absolute Gasteiger partial charge is 0.348 e. The SMILES string of the molecule is O=C(Nc1sccc1C(=O)NCc1ccncc1)c1cccs1. The van der Waals surface area contributed by atoms with Crippen LogP contribution in [0, 0.1) is 0 Å². The average Bonchev–Trinajstić information content (AvgIpc) is 3.25. The summed E-state index contributed by atoms with van der Waals surface area (Å²) in [6, 6.07) is 8.95. The summed E-state index contributed by atoms with van der Waals surface area (Å²) in [5.41, 5.74) is 1.43. The number of carbonyl (C=O) groups excluding carboxylic acids is 2. The zero-order chi connectivity index (χ0) is 16.1. The van der Waals surface area contributed by atoms with Gasteiger partial charge in [0.25, 0.3) is 11.8 Å². The van der Waals surface area contributed by atoms with Gasteiger partial charge in [0.15, 0.2) is 0 Å². The molecule has 116 valence electrons. The second kappa shape index (κ2) is 7.17. The molecule has 2 amide bonds. The number of aromatic nitrogens is 1. The monoisotopic (exact) mass is 343 g/mol. The maximum absolute atomic E-state index is 12.3. The predicted octanol–water partition coefficient (Wildman–Crippen LogP) is 3.39. The molecule has 0 atom stereocenters. The predicted molar refractivity (Wildman–Crippen MR) is 92.0 cm³/mol. The van der Waals surface area contributed by atoms with Crippen LogP contribution in [-0.4, -0.2) is 16.8 Å². The Bertz CT molecular complexity index is 798. The van der Waals surface area contributed by atoms with Gasteiger partial charge in [-0.05, 0) is 40.6 Å². The first kappa shape index (κ1) is 15.4. The summed E-state index contributed by atoms with van der Waals surface area (Å²) in [5.74, 6) is -0.421. The lowest BCUT2D eigenvalue weighted by atomic mass is 10.2. The van der Waals surface area contributed by atoms with Gasteiger partial charge in [0.05, 0.1) is 10.4 Å². The second-order valence-corrected chi connectivity index (χ2v) is 6.50. The average molecular weight is 343 g/mol. The van der Waals surface area contributed by atoms with Crippen LogP contribution in [0.5, 0.6) is 0 Å². The van der Waals surface area contributed by atoms with Crippen molar-refractivity contribution in [3.05, 3.63) is 69.5 Å². The standard InChI is InChI=1S/C16H13N3O2S2/c20-14(18-10-11-3-6-17-7-4-11)12-5-9-23-16(12)19-15(21)13-2-1-8-22-13/h1-9H,10H2,(H,18,20)(H,19,21). The van der Waals surface area contributed by atoms with Crippen molar-refractivity contribution in [1.82, 2.24) is 10.3 Å². The smallest absolute Gasteiger partial charge is 0.266 e. The lowest BCUT2D eigenvalue weighted by Gasteiger charge is -2.07. The number of nitrogens with one attached hydrogen (secondary N) is 2. The molecule has 0 aliphatic heterocycles. The third-order valence-corrected chi connectivity index (χ3v) is 4.78. The van der Waals surface area contributed by atoms with E-state index in [1.54, 1.807) is 29.9 Å². The highest BCUT2D eigenvalue weighted by atomic mass is 32.1. The number of pyridine rings is 1. The minimum absolute atomic E-state index is 0.203. The quantitative estimate of drug-likeness (QED) is 0.746. The van der Waals surface area contributed by atoms with Crippen LogP contribution in [0.4, 0.5) is 5.00 Å². The molecule has 23 heavy (non-hydrogen) atoms. The van der Waals surface area contributed by atoms with E-state index in [-0.39, 0.29) is 11.8 Å². The van der Waals surface area contributed by atoms with Gasteiger partial charge >= 0.3 is 0 Å². The molecule has 0 saturated carbocycles. The zero-order valence-corrected chi connectivity index (χ0v) is 13.6. The van der Waals surface area contributed by atoms with Crippen molar-refractivity contribution in [2.75, 3.05) is 5.32 Å². The highest BCUT2D eigenvalue weighted by Crippen LogP contribution is 2.24. The number of carbonyl (C=O) groups is 2. The van der Waals surface area contributed by atoms with Crippen molar-refractivity contribution in [3.63, 3.8) is 0 Å². The van der Waals surface area contributed by atoms with Crippen molar-refractivity contribution in [2.45, 2.75) is 6.54 Å². The fourth-order valence-electron chi connectivity index (χ4n) is 1.94. The van der Waals surface area contributed by atoms with Crippen LogP contribution >= 0.6 is 22.7 Å². The molecule has 0 unspecified atom stereocenters. The Hall–Kier alpha value is -2.51. The number of hydrogen-bond acceptors (Lipinski definition) is 5. The molecule has 3 aromatic heterocycles. The molecule has 0 aliphatic carbocycles. The Labute approximate surface area is 141 Å². The summed E-state index contributed by atoms with van der Waals surface area (Å²) in [7, 11) is 0. The van der Waals surface area contributed by atoms with Gasteiger partial charge in [-0.1, -0.05) is 6.07 Å². The second-order valence-electron chi connectivity index (χ2n) is 4.63. The van der Waals surface area contributed by atoms with Crippen molar-refractivity contribution in [2.24, 2.45) is 0 Å². The molecule has 0 spiro atoms. The van der Waals surface area contributed by atoms with Crippen LogP contribution < -0.4 is 10.6 Å². The van der Waals surface area contributed by atoms with E-state index in [0.29, 0.717) is 22.0 Å². The minimum atomic E-state index is -0.218. The van der Waals surface area contributed by atoms with Crippen molar-refractivity contribution in [3.8, 4) is 0 Å². The zero-order valence-electron chi connectivity index (χ0n) is 12.0. The van der Waals surface area contributed by atoms with Crippen LogP contribution in [0.25, 0.3) is 0 Å². The number of nitrogens with zero attached hydrogens (tertiary/aromatic N) is 1. The van der Waals surface area contributed by atoms with Gasteiger partial charge in [0, 0.05) is 18.9 Å².